The molecule has 2 aromatic heterocycles. The average molecular weight is 340 g/mol. The van der Waals surface area contributed by atoms with Crippen molar-refractivity contribution in [1.29, 1.82) is 0 Å². The normalized spacial score (nSPS) is 11.0. The summed E-state index contributed by atoms with van der Waals surface area (Å²) in [4.78, 5) is 20.0. The number of carboxylic acids is 1. The van der Waals surface area contributed by atoms with Gasteiger partial charge in [0, 0.05) is 16.0 Å². The van der Waals surface area contributed by atoms with Gasteiger partial charge < -0.3 is 10.8 Å². The zero-order valence-corrected chi connectivity index (χ0v) is 12.6. The first-order valence-corrected chi connectivity index (χ1v) is 7.28. The van der Waals surface area contributed by atoms with Crippen LogP contribution in [0, 0.1) is 0 Å². The van der Waals surface area contributed by atoms with E-state index in [-0.39, 0.29) is 10.8 Å². The SMILES string of the molecule is Nc1nc(-c2ccc(Cl)cc2Cl)c2cc(C(=O)O)sc2n1. The molecule has 0 spiro atoms. The van der Waals surface area contributed by atoms with Crippen molar-refractivity contribution < 1.29 is 9.90 Å². The number of fused-ring (bicyclic) bond motifs is 1. The number of nitrogen functional groups attached to an aromatic ring is 1. The van der Waals surface area contributed by atoms with E-state index in [1.54, 1.807) is 18.2 Å². The monoisotopic (exact) mass is 339 g/mol. The summed E-state index contributed by atoms with van der Waals surface area (Å²) in [5.74, 6) is -0.966. The molecule has 0 bridgehead atoms. The molecule has 106 valence electrons. The number of rotatable bonds is 2. The Kier molecular flexibility index (Phi) is 3.44. The minimum absolute atomic E-state index is 0.0577. The van der Waals surface area contributed by atoms with Gasteiger partial charge in [0.25, 0.3) is 0 Å². The Morgan fingerprint density at radius 1 is 1.24 bits per heavy atom. The lowest BCUT2D eigenvalue weighted by molar-refractivity contribution is 0.0702. The first-order chi connectivity index (χ1) is 9.95. The first-order valence-electron chi connectivity index (χ1n) is 5.71. The highest BCUT2D eigenvalue weighted by Crippen LogP contribution is 2.36. The van der Waals surface area contributed by atoms with Crippen LogP contribution in [0.3, 0.4) is 0 Å². The van der Waals surface area contributed by atoms with Crippen LogP contribution in [0.15, 0.2) is 24.3 Å². The van der Waals surface area contributed by atoms with Gasteiger partial charge in [-0.05, 0) is 24.3 Å². The number of thiophene rings is 1. The maximum atomic E-state index is 11.1. The fraction of sp³-hybridized carbons (Fsp3) is 0. The molecule has 0 aliphatic heterocycles. The molecule has 5 nitrogen and oxygen atoms in total. The number of carboxylic acid groups (broad SMARTS) is 1. The number of nitrogens with two attached hydrogens (primary N) is 1. The van der Waals surface area contributed by atoms with Crippen LogP contribution >= 0.6 is 34.5 Å². The molecule has 0 fully saturated rings. The number of carbonyl (C=O) groups is 1. The minimum atomic E-state index is -1.02. The van der Waals surface area contributed by atoms with Crippen molar-refractivity contribution in [3.05, 3.63) is 39.2 Å². The van der Waals surface area contributed by atoms with Crippen LogP contribution in [0.1, 0.15) is 9.67 Å². The molecule has 3 N–H and O–H groups in total. The van der Waals surface area contributed by atoms with Gasteiger partial charge in [-0.1, -0.05) is 23.2 Å². The highest BCUT2D eigenvalue weighted by atomic mass is 35.5. The molecule has 0 atom stereocenters. The molecule has 0 saturated heterocycles. The number of aromatic nitrogens is 2. The third-order valence-corrected chi connectivity index (χ3v) is 4.37. The van der Waals surface area contributed by atoms with E-state index in [0.717, 1.165) is 11.3 Å². The second-order valence-corrected chi connectivity index (χ2v) is 6.06. The molecular weight excluding hydrogens is 333 g/mol. The van der Waals surface area contributed by atoms with Gasteiger partial charge in [-0.25, -0.2) is 14.8 Å². The molecule has 21 heavy (non-hydrogen) atoms. The van der Waals surface area contributed by atoms with E-state index in [2.05, 4.69) is 9.97 Å². The summed E-state index contributed by atoms with van der Waals surface area (Å²) in [6, 6.07) is 6.50. The molecule has 3 aromatic rings. The van der Waals surface area contributed by atoms with E-state index in [4.69, 9.17) is 34.0 Å². The predicted octanol–water partition coefficient (Wildman–Crippen LogP) is 3.95. The molecule has 1 aromatic carbocycles. The molecule has 0 unspecified atom stereocenters. The molecule has 0 aliphatic carbocycles. The molecular formula is C13H7Cl2N3O2S. The zero-order chi connectivity index (χ0) is 15.1. The first kappa shape index (κ1) is 14.1. The molecule has 8 heteroatoms. The van der Waals surface area contributed by atoms with Crippen LogP contribution in [0.4, 0.5) is 5.95 Å². The average Bonchev–Trinajstić information content (AvgIpc) is 2.82. The number of aromatic carboxylic acids is 1. The van der Waals surface area contributed by atoms with Gasteiger partial charge >= 0.3 is 5.97 Å². The van der Waals surface area contributed by atoms with Gasteiger partial charge in [0.15, 0.2) is 0 Å². The van der Waals surface area contributed by atoms with Crippen LogP contribution in [-0.4, -0.2) is 21.0 Å². The standard InChI is InChI=1S/C13H7Cl2N3O2S/c14-5-1-2-6(8(15)3-5)10-7-4-9(12(19)20)21-11(7)18-13(16)17-10/h1-4H,(H,19,20)(H2,16,17,18). The number of nitrogens with zero attached hydrogens (tertiary/aromatic N) is 2. The lowest BCUT2D eigenvalue weighted by Gasteiger charge is -2.06. The second kappa shape index (κ2) is 5.14. The van der Waals surface area contributed by atoms with Crippen molar-refractivity contribution in [3.8, 4) is 11.3 Å². The van der Waals surface area contributed by atoms with Gasteiger partial charge in [-0.2, -0.15) is 0 Å². The highest BCUT2D eigenvalue weighted by molar-refractivity contribution is 7.20. The number of halogens is 2. The maximum absolute atomic E-state index is 11.1. The molecule has 0 saturated carbocycles. The summed E-state index contributed by atoms with van der Waals surface area (Å²) in [5, 5.41) is 10.6. The van der Waals surface area contributed by atoms with E-state index in [0.29, 0.717) is 31.5 Å². The van der Waals surface area contributed by atoms with Crippen LogP contribution < -0.4 is 5.73 Å². The fourth-order valence-corrected chi connectivity index (χ4v) is 3.31. The molecule has 0 aliphatic rings. The second-order valence-electron chi connectivity index (χ2n) is 4.19. The van der Waals surface area contributed by atoms with Crippen molar-refractivity contribution >= 4 is 56.7 Å². The van der Waals surface area contributed by atoms with Gasteiger partial charge in [0.05, 0.1) is 10.7 Å². The van der Waals surface area contributed by atoms with Crippen molar-refractivity contribution in [2.45, 2.75) is 0 Å². The van der Waals surface area contributed by atoms with Gasteiger partial charge in [-0.15, -0.1) is 11.3 Å². The highest BCUT2D eigenvalue weighted by Gasteiger charge is 2.17. The van der Waals surface area contributed by atoms with Crippen molar-refractivity contribution in [1.82, 2.24) is 9.97 Å². The van der Waals surface area contributed by atoms with E-state index < -0.39 is 5.97 Å². The Labute approximate surface area is 133 Å². The summed E-state index contributed by atoms with van der Waals surface area (Å²) >= 11 is 13.1. The van der Waals surface area contributed by atoms with Gasteiger partial charge in [0.1, 0.15) is 9.71 Å². The number of hydrogen-bond donors (Lipinski definition) is 2. The van der Waals surface area contributed by atoms with E-state index in [9.17, 15) is 4.79 Å². The number of benzene rings is 1. The van der Waals surface area contributed by atoms with E-state index in [1.807, 2.05) is 0 Å². The third-order valence-electron chi connectivity index (χ3n) is 2.81. The lowest BCUT2D eigenvalue weighted by atomic mass is 10.1. The van der Waals surface area contributed by atoms with Crippen LogP contribution in [0.25, 0.3) is 21.5 Å². The Morgan fingerprint density at radius 2 is 2.00 bits per heavy atom. The van der Waals surface area contributed by atoms with Gasteiger partial charge in [-0.3, -0.25) is 0 Å². The number of hydrogen-bond acceptors (Lipinski definition) is 5. The maximum Gasteiger partial charge on any atom is 0.345 e. The quantitative estimate of drug-likeness (QED) is 0.737. The summed E-state index contributed by atoms with van der Waals surface area (Å²) in [7, 11) is 0. The zero-order valence-electron chi connectivity index (χ0n) is 10.3. The Balaban J connectivity index is 2.33. The Morgan fingerprint density at radius 3 is 2.67 bits per heavy atom. The predicted molar refractivity (Wildman–Crippen MR) is 84.2 cm³/mol. The van der Waals surface area contributed by atoms with Crippen molar-refractivity contribution in [2.24, 2.45) is 0 Å². The Hall–Kier alpha value is -1.89. The van der Waals surface area contributed by atoms with Crippen LogP contribution in [0.5, 0.6) is 0 Å². The minimum Gasteiger partial charge on any atom is -0.477 e. The van der Waals surface area contributed by atoms with E-state index >= 15 is 0 Å². The summed E-state index contributed by atoms with van der Waals surface area (Å²) < 4.78 is 0. The molecule has 0 amide bonds. The molecule has 2 heterocycles. The van der Waals surface area contributed by atoms with E-state index in [1.165, 1.54) is 6.07 Å². The molecule has 3 rings (SSSR count). The summed E-state index contributed by atoms with van der Waals surface area (Å²) in [5.41, 5.74) is 6.80. The fourth-order valence-electron chi connectivity index (χ4n) is 1.93. The van der Waals surface area contributed by atoms with Gasteiger partial charge in [0.2, 0.25) is 5.95 Å². The summed E-state index contributed by atoms with van der Waals surface area (Å²) in [6.07, 6.45) is 0. The number of anilines is 1. The van der Waals surface area contributed by atoms with Crippen molar-refractivity contribution in [2.75, 3.05) is 5.73 Å². The summed E-state index contributed by atoms with van der Waals surface area (Å²) in [6.45, 7) is 0. The van der Waals surface area contributed by atoms with Crippen molar-refractivity contribution in [3.63, 3.8) is 0 Å². The largest absolute Gasteiger partial charge is 0.477 e. The Bertz CT molecular complexity index is 879. The third kappa shape index (κ3) is 2.53. The smallest absolute Gasteiger partial charge is 0.345 e. The lowest BCUT2D eigenvalue weighted by Crippen LogP contribution is -1.96. The topological polar surface area (TPSA) is 89.1 Å². The van der Waals surface area contributed by atoms with Crippen LogP contribution in [0.2, 0.25) is 10.0 Å². The molecule has 0 radical (unpaired) electrons. The van der Waals surface area contributed by atoms with Crippen LogP contribution in [-0.2, 0) is 0 Å².